The van der Waals surface area contributed by atoms with E-state index in [1.54, 1.807) is 0 Å². The van der Waals surface area contributed by atoms with Gasteiger partial charge in [0.2, 0.25) is 10.0 Å². The van der Waals surface area contributed by atoms with Crippen molar-refractivity contribution in [3.05, 3.63) is 21.4 Å². The summed E-state index contributed by atoms with van der Waals surface area (Å²) in [5.41, 5.74) is 4.82. The SMILES string of the molecule is CN(CCC(F)(F)F)S(=O)(=O)c1cc(Cl)c(Br)c(N)c1F. The lowest BCUT2D eigenvalue weighted by Gasteiger charge is -2.19. The molecule has 1 aromatic carbocycles. The predicted molar refractivity (Wildman–Crippen MR) is 74.0 cm³/mol. The maximum atomic E-state index is 13.9. The Balaban J connectivity index is 3.20. The van der Waals surface area contributed by atoms with Gasteiger partial charge in [-0.05, 0) is 22.0 Å². The van der Waals surface area contributed by atoms with Crippen LogP contribution in [0.3, 0.4) is 0 Å². The van der Waals surface area contributed by atoms with Crippen LogP contribution in [-0.4, -0.2) is 32.5 Å². The Hall–Kier alpha value is -0.580. The first-order chi connectivity index (χ1) is 9.38. The van der Waals surface area contributed by atoms with E-state index >= 15 is 0 Å². The fourth-order valence-corrected chi connectivity index (χ4v) is 3.19. The predicted octanol–water partition coefficient (Wildman–Crippen LogP) is 3.40. The summed E-state index contributed by atoms with van der Waals surface area (Å²) in [4.78, 5) is -0.877. The second kappa shape index (κ2) is 6.27. The van der Waals surface area contributed by atoms with Crippen LogP contribution in [0.5, 0.6) is 0 Å². The highest BCUT2D eigenvalue weighted by Crippen LogP contribution is 2.35. The fraction of sp³-hybridized carbons (Fsp3) is 0.400. The first kappa shape index (κ1) is 18.5. The number of halogens is 6. The van der Waals surface area contributed by atoms with Gasteiger partial charge in [0.05, 0.1) is 21.6 Å². The molecule has 0 spiro atoms. The van der Waals surface area contributed by atoms with Crippen molar-refractivity contribution in [1.29, 1.82) is 0 Å². The molecule has 0 aliphatic heterocycles. The van der Waals surface area contributed by atoms with Crippen molar-refractivity contribution in [1.82, 2.24) is 4.31 Å². The van der Waals surface area contributed by atoms with Crippen molar-refractivity contribution in [2.45, 2.75) is 17.5 Å². The van der Waals surface area contributed by atoms with Crippen LogP contribution in [0, 0.1) is 5.82 Å². The Kier molecular flexibility index (Phi) is 5.51. The molecule has 1 rings (SSSR count). The molecule has 4 nitrogen and oxygen atoms in total. The van der Waals surface area contributed by atoms with Crippen molar-refractivity contribution in [2.24, 2.45) is 0 Å². The van der Waals surface area contributed by atoms with Gasteiger partial charge in [0.1, 0.15) is 4.90 Å². The highest BCUT2D eigenvalue weighted by Gasteiger charge is 2.32. The lowest BCUT2D eigenvalue weighted by atomic mass is 10.3. The Labute approximate surface area is 132 Å². The van der Waals surface area contributed by atoms with Crippen molar-refractivity contribution in [3.63, 3.8) is 0 Å². The number of hydrogen-bond acceptors (Lipinski definition) is 3. The van der Waals surface area contributed by atoms with Crippen LogP contribution in [0.15, 0.2) is 15.4 Å². The van der Waals surface area contributed by atoms with Crippen molar-refractivity contribution in [3.8, 4) is 0 Å². The van der Waals surface area contributed by atoms with Gasteiger partial charge >= 0.3 is 6.18 Å². The minimum atomic E-state index is -4.53. The number of nitrogens with two attached hydrogens (primary N) is 1. The molecule has 0 amide bonds. The third-order valence-corrected chi connectivity index (χ3v) is 5.79. The number of anilines is 1. The molecule has 1 aromatic rings. The number of alkyl halides is 3. The van der Waals surface area contributed by atoms with Crippen molar-refractivity contribution < 1.29 is 26.0 Å². The van der Waals surface area contributed by atoms with Crippen LogP contribution in [0.2, 0.25) is 5.02 Å². The molecule has 0 fully saturated rings. The molecule has 21 heavy (non-hydrogen) atoms. The van der Waals surface area contributed by atoms with Crippen LogP contribution in [-0.2, 0) is 10.0 Å². The lowest BCUT2D eigenvalue weighted by Crippen LogP contribution is -2.31. The number of nitrogens with zero attached hydrogens (tertiary/aromatic N) is 1. The van der Waals surface area contributed by atoms with E-state index in [-0.39, 0.29) is 9.50 Å². The number of rotatable bonds is 4. The number of benzene rings is 1. The molecule has 0 atom stereocenters. The Morgan fingerprint density at radius 3 is 2.43 bits per heavy atom. The summed E-state index contributed by atoms with van der Waals surface area (Å²) < 4.78 is 74.8. The summed E-state index contributed by atoms with van der Waals surface area (Å²) in [5, 5.41) is -0.170. The van der Waals surface area contributed by atoms with Crippen LogP contribution >= 0.6 is 27.5 Å². The third-order valence-electron chi connectivity index (χ3n) is 2.56. The molecule has 0 aliphatic carbocycles. The summed E-state index contributed by atoms with van der Waals surface area (Å²) in [7, 11) is -3.57. The van der Waals surface area contributed by atoms with E-state index in [0.717, 1.165) is 13.1 Å². The van der Waals surface area contributed by atoms with Crippen LogP contribution < -0.4 is 5.73 Å². The normalized spacial score (nSPS) is 13.0. The molecule has 0 saturated heterocycles. The zero-order valence-corrected chi connectivity index (χ0v) is 13.7. The molecule has 0 aromatic heterocycles. The number of sulfonamides is 1. The van der Waals surface area contributed by atoms with Gasteiger partial charge in [-0.2, -0.15) is 13.2 Å². The number of hydrogen-bond donors (Lipinski definition) is 1. The second-order valence-electron chi connectivity index (χ2n) is 4.09. The summed E-state index contributed by atoms with van der Waals surface area (Å²) >= 11 is 8.57. The van der Waals surface area contributed by atoms with Gasteiger partial charge in [-0.3, -0.25) is 0 Å². The molecule has 0 saturated carbocycles. The van der Waals surface area contributed by atoms with E-state index in [1.165, 1.54) is 0 Å². The van der Waals surface area contributed by atoms with Crippen molar-refractivity contribution >= 4 is 43.2 Å². The van der Waals surface area contributed by atoms with Gasteiger partial charge in [-0.15, -0.1) is 0 Å². The van der Waals surface area contributed by atoms with Gasteiger partial charge in [0.25, 0.3) is 0 Å². The maximum Gasteiger partial charge on any atom is 0.390 e. The maximum absolute atomic E-state index is 13.9. The highest BCUT2D eigenvalue weighted by atomic mass is 79.9. The molecule has 0 heterocycles. The van der Waals surface area contributed by atoms with E-state index in [9.17, 15) is 26.0 Å². The first-order valence-corrected chi connectivity index (χ1v) is 7.95. The molecule has 120 valence electrons. The van der Waals surface area contributed by atoms with Gasteiger partial charge in [-0.1, -0.05) is 11.6 Å². The minimum absolute atomic E-state index is 0.0291. The highest BCUT2D eigenvalue weighted by molar-refractivity contribution is 9.10. The molecular formula is C10H10BrClF4N2O2S. The average Bonchev–Trinajstić information content (AvgIpc) is 2.36. The van der Waals surface area contributed by atoms with Crippen LogP contribution in [0.1, 0.15) is 6.42 Å². The Morgan fingerprint density at radius 2 is 1.95 bits per heavy atom. The van der Waals surface area contributed by atoms with Crippen LogP contribution in [0.4, 0.5) is 23.2 Å². The monoisotopic (exact) mass is 412 g/mol. The lowest BCUT2D eigenvalue weighted by molar-refractivity contribution is -0.135. The fourth-order valence-electron chi connectivity index (χ4n) is 1.36. The smallest absolute Gasteiger partial charge is 0.390 e. The first-order valence-electron chi connectivity index (χ1n) is 5.34. The van der Waals surface area contributed by atoms with E-state index in [1.807, 2.05) is 0 Å². The molecule has 11 heteroatoms. The largest absolute Gasteiger partial charge is 0.395 e. The molecule has 2 N–H and O–H groups in total. The topological polar surface area (TPSA) is 63.4 Å². The summed E-state index contributed by atoms with van der Waals surface area (Å²) in [5.74, 6) is -1.27. The second-order valence-corrected chi connectivity index (χ2v) is 7.30. The van der Waals surface area contributed by atoms with Crippen LogP contribution in [0.25, 0.3) is 0 Å². The van der Waals surface area contributed by atoms with Gasteiger partial charge in [0.15, 0.2) is 5.82 Å². The van der Waals surface area contributed by atoms with Gasteiger partial charge in [-0.25, -0.2) is 17.1 Å². The zero-order valence-electron chi connectivity index (χ0n) is 10.5. The quantitative estimate of drug-likeness (QED) is 0.467. The summed E-state index contributed by atoms with van der Waals surface area (Å²) in [6, 6.07) is 0.788. The minimum Gasteiger partial charge on any atom is -0.395 e. The number of nitrogen functional groups attached to an aromatic ring is 1. The molecule has 0 radical (unpaired) electrons. The van der Waals surface area contributed by atoms with Gasteiger partial charge < -0.3 is 5.73 Å². The Morgan fingerprint density at radius 1 is 1.43 bits per heavy atom. The average molecular weight is 414 g/mol. The summed E-state index contributed by atoms with van der Waals surface area (Å²) in [6.07, 6.45) is -5.89. The van der Waals surface area contributed by atoms with E-state index < -0.39 is 45.6 Å². The van der Waals surface area contributed by atoms with Gasteiger partial charge in [0, 0.05) is 13.6 Å². The van der Waals surface area contributed by atoms with E-state index in [4.69, 9.17) is 17.3 Å². The Bertz CT molecular complexity index is 651. The zero-order chi connectivity index (χ0) is 16.6. The van der Waals surface area contributed by atoms with E-state index in [0.29, 0.717) is 4.31 Å². The molecule has 0 bridgehead atoms. The molecular weight excluding hydrogens is 404 g/mol. The third kappa shape index (κ3) is 4.21. The molecule has 0 unspecified atom stereocenters. The standard InChI is InChI=1S/C10H10BrClF4N2O2S/c1-18(3-2-10(14,15)16)21(19,20)6-4-5(12)7(11)9(17)8(6)13/h4H,2-3,17H2,1H3. The van der Waals surface area contributed by atoms with E-state index in [2.05, 4.69) is 15.9 Å². The molecule has 0 aliphatic rings. The summed E-state index contributed by atoms with van der Waals surface area (Å²) in [6.45, 7) is -0.848. The van der Waals surface area contributed by atoms with Crippen molar-refractivity contribution in [2.75, 3.05) is 19.3 Å².